The zero-order valence-electron chi connectivity index (χ0n) is 38.8. The van der Waals surface area contributed by atoms with Crippen LogP contribution in [0.5, 0.6) is 23.0 Å². The Balaban J connectivity index is 1.28. The number of amides is 2. The smallest absolute Gasteiger partial charge is 0.412 e. The van der Waals surface area contributed by atoms with Crippen molar-refractivity contribution in [3.63, 3.8) is 0 Å². The highest BCUT2D eigenvalue weighted by Gasteiger charge is 2.65. The molecule has 0 spiro atoms. The molecule has 69 heavy (non-hydrogen) atoms. The molecule has 0 saturated heterocycles. The molecule has 16 heteroatoms. The van der Waals surface area contributed by atoms with Gasteiger partial charge in [-0.2, -0.15) is 0 Å². The zero-order valence-corrected chi connectivity index (χ0v) is 38.8. The molecule has 8 rings (SSSR count). The second-order valence-corrected chi connectivity index (χ2v) is 17.8. The minimum atomic E-state index is -1.53. The Kier molecular flexibility index (Phi) is 15.9. The SMILES string of the molecule is C=CCO[C@@]12Oc3ccc(OC(=O)NCc4ccccc4)cc3[C@H]3[C@H](CCCCO)[C@@H](CCCCO)C=C(C(=NOCc4ccc([N+](=O)[O-])cc4)C[C@@H]1N(CCC)C(=O)c1ccc4c(c1)OCO4)[C@H]32. The number of nitrogens with one attached hydrogen (secondary N) is 1. The summed E-state index contributed by atoms with van der Waals surface area (Å²) in [5.74, 6) is -1.12. The molecule has 2 heterocycles. The van der Waals surface area contributed by atoms with Crippen LogP contribution in [0.3, 0.4) is 0 Å². The van der Waals surface area contributed by atoms with Crippen molar-refractivity contribution in [3.05, 3.63) is 148 Å². The highest BCUT2D eigenvalue weighted by Crippen LogP contribution is 2.62. The summed E-state index contributed by atoms with van der Waals surface area (Å²) in [6.07, 6.45) is 8.10. The third kappa shape index (κ3) is 10.8. The normalized spacial score (nSPS) is 22.3. The van der Waals surface area contributed by atoms with E-state index in [0.29, 0.717) is 78.5 Å². The van der Waals surface area contributed by atoms with Crippen molar-refractivity contribution in [1.29, 1.82) is 0 Å². The van der Waals surface area contributed by atoms with Gasteiger partial charge in [0.1, 0.15) is 24.1 Å². The number of nitro groups is 1. The number of hydrogen-bond acceptors (Lipinski definition) is 13. The van der Waals surface area contributed by atoms with Crippen LogP contribution in [0.15, 0.2) is 120 Å². The summed E-state index contributed by atoms with van der Waals surface area (Å²) in [6, 6.07) is 25.3. The Hall–Kier alpha value is -6.75. The fourth-order valence-electron chi connectivity index (χ4n) is 10.4. The number of benzene rings is 4. The number of non-ortho nitro benzene ring substituents is 1. The van der Waals surface area contributed by atoms with Gasteiger partial charge in [-0.3, -0.25) is 14.9 Å². The molecule has 1 fully saturated rings. The molecule has 1 saturated carbocycles. The topological polar surface area (TPSA) is 201 Å². The van der Waals surface area contributed by atoms with E-state index in [1.807, 2.05) is 43.3 Å². The van der Waals surface area contributed by atoms with Gasteiger partial charge < -0.3 is 49.0 Å². The Bertz CT molecular complexity index is 2520. The summed E-state index contributed by atoms with van der Waals surface area (Å²) < 4.78 is 31.7. The number of allylic oxidation sites excluding steroid dienone is 1. The van der Waals surface area contributed by atoms with E-state index in [1.54, 1.807) is 53.4 Å². The van der Waals surface area contributed by atoms with Gasteiger partial charge in [0.05, 0.1) is 23.2 Å². The number of aliphatic hydroxyl groups is 2. The minimum Gasteiger partial charge on any atom is -0.459 e. The maximum atomic E-state index is 15.2. The van der Waals surface area contributed by atoms with Crippen molar-refractivity contribution in [2.45, 2.75) is 89.2 Å². The van der Waals surface area contributed by atoms with Crippen molar-refractivity contribution in [1.82, 2.24) is 10.2 Å². The third-order valence-corrected chi connectivity index (χ3v) is 13.4. The molecule has 364 valence electrons. The molecule has 4 aromatic carbocycles. The van der Waals surface area contributed by atoms with Crippen LogP contribution >= 0.6 is 0 Å². The van der Waals surface area contributed by atoms with Crippen LogP contribution in [0, 0.1) is 27.9 Å². The van der Waals surface area contributed by atoms with Gasteiger partial charge in [0.25, 0.3) is 11.6 Å². The van der Waals surface area contributed by atoms with Crippen LogP contribution in [0.4, 0.5) is 10.5 Å². The number of carbonyl (C=O) groups excluding carboxylic acids is 2. The molecular formula is C53H60N4O12. The van der Waals surface area contributed by atoms with Gasteiger partial charge in [-0.1, -0.05) is 67.4 Å². The molecule has 2 aliphatic heterocycles. The summed E-state index contributed by atoms with van der Waals surface area (Å²) in [6.45, 7) is 6.81. The number of hydrogen-bond donors (Lipinski definition) is 3. The number of aliphatic hydroxyl groups excluding tert-OH is 2. The van der Waals surface area contributed by atoms with Crippen LogP contribution in [0.2, 0.25) is 0 Å². The van der Waals surface area contributed by atoms with E-state index >= 15 is 4.79 Å². The molecule has 6 atom stereocenters. The summed E-state index contributed by atoms with van der Waals surface area (Å²) in [5.41, 5.74) is 4.11. The molecule has 0 bridgehead atoms. The summed E-state index contributed by atoms with van der Waals surface area (Å²) >= 11 is 0. The van der Waals surface area contributed by atoms with Crippen molar-refractivity contribution in [2.75, 3.05) is 33.2 Å². The Labute approximate surface area is 401 Å². The molecule has 2 aliphatic carbocycles. The van der Waals surface area contributed by atoms with Crippen molar-refractivity contribution < 1.29 is 53.2 Å². The van der Waals surface area contributed by atoms with Crippen LogP contribution < -0.4 is 24.3 Å². The fraction of sp³-hybridized carbons (Fsp3) is 0.415. The first kappa shape index (κ1) is 48.7. The maximum absolute atomic E-state index is 15.2. The largest absolute Gasteiger partial charge is 0.459 e. The van der Waals surface area contributed by atoms with Gasteiger partial charge in [0.15, 0.2) is 11.5 Å². The quantitative estimate of drug-likeness (QED) is 0.0293. The van der Waals surface area contributed by atoms with Gasteiger partial charge in [0.2, 0.25) is 12.6 Å². The third-order valence-electron chi connectivity index (χ3n) is 13.4. The molecule has 0 aromatic heterocycles. The summed E-state index contributed by atoms with van der Waals surface area (Å²) in [5, 5.41) is 39.1. The molecule has 16 nitrogen and oxygen atoms in total. The molecule has 3 N–H and O–H groups in total. The van der Waals surface area contributed by atoms with Gasteiger partial charge in [-0.25, -0.2) is 4.79 Å². The number of unbranched alkanes of at least 4 members (excludes halogenated alkanes) is 2. The number of nitro benzene ring substituents is 1. The van der Waals surface area contributed by atoms with Crippen LogP contribution in [-0.2, 0) is 22.7 Å². The predicted octanol–water partition coefficient (Wildman–Crippen LogP) is 9.00. The van der Waals surface area contributed by atoms with E-state index in [2.05, 4.69) is 18.0 Å². The number of fused-ring (bicyclic) bond motifs is 3. The zero-order chi connectivity index (χ0) is 48.3. The fourth-order valence-corrected chi connectivity index (χ4v) is 10.4. The van der Waals surface area contributed by atoms with Gasteiger partial charge in [-0.15, -0.1) is 6.58 Å². The summed E-state index contributed by atoms with van der Waals surface area (Å²) in [4.78, 5) is 47.5. The standard InChI is InChI=1S/C53H60N4O12/c1-3-24-56(51(60)38-18-22-46-47(29-38)65-34-64-46)48-31-44(55-67-33-36-16-19-39(20-17-36)57(62)63)42-28-37(14-8-10-25-58)41(15-9-11-26-59)49-43-30-40(68-52(61)54-32-35-12-6-5-7-13-35)21-23-45(43)69-53(48,50(42)49)66-27-4-2/h4-7,12-13,16-23,28-30,37,41,48-50,58-59H,2-3,8-11,14-15,24-27,31-34H2,1H3,(H,54,61)/t37-,41+,48-,49+,50+,53+/m0/s1. The van der Waals surface area contributed by atoms with Crippen molar-refractivity contribution >= 4 is 23.4 Å². The van der Waals surface area contributed by atoms with Crippen LogP contribution in [-0.4, -0.2) is 82.7 Å². The number of oxime groups is 1. The summed E-state index contributed by atoms with van der Waals surface area (Å²) in [7, 11) is 0. The molecule has 4 aliphatic rings. The number of rotatable bonds is 22. The van der Waals surface area contributed by atoms with Gasteiger partial charge >= 0.3 is 6.09 Å². The lowest BCUT2D eigenvalue weighted by Gasteiger charge is -2.60. The second-order valence-electron chi connectivity index (χ2n) is 17.8. The number of carbonyl (C=O) groups is 2. The van der Waals surface area contributed by atoms with Crippen LogP contribution in [0.1, 0.15) is 91.3 Å². The second kappa shape index (κ2) is 22.6. The Morgan fingerprint density at radius 3 is 2.43 bits per heavy atom. The van der Waals surface area contributed by atoms with E-state index in [9.17, 15) is 25.1 Å². The van der Waals surface area contributed by atoms with Gasteiger partial charge in [-0.05, 0) is 109 Å². The van der Waals surface area contributed by atoms with Gasteiger partial charge in [0, 0.05) is 61.9 Å². The van der Waals surface area contributed by atoms with E-state index in [4.69, 9.17) is 33.7 Å². The highest BCUT2D eigenvalue weighted by atomic mass is 16.7. The number of nitrogens with zero attached hydrogens (tertiary/aromatic N) is 3. The highest BCUT2D eigenvalue weighted by molar-refractivity contribution is 6.03. The lowest BCUT2D eigenvalue weighted by atomic mass is 9.55. The molecule has 0 unspecified atom stereocenters. The first-order valence-corrected chi connectivity index (χ1v) is 23.8. The van der Waals surface area contributed by atoms with E-state index in [1.165, 1.54) is 12.1 Å². The molecular weight excluding hydrogens is 885 g/mol. The van der Waals surface area contributed by atoms with Crippen molar-refractivity contribution in [2.24, 2.45) is 22.9 Å². The Morgan fingerprint density at radius 1 is 0.942 bits per heavy atom. The first-order valence-electron chi connectivity index (χ1n) is 23.8. The minimum absolute atomic E-state index is 0.0104. The maximum Gasteiger partial charge on any atom is 0.412 e. The molecule has 2 amide bonds. The average molecular weight is 945 g/mol. The molecule has 0 radical (unpaired) electrons. The van der Waals surface area contributed by atoms with Crippen LogP contribution in [0.25, 0.3) is 0 Å². The lowest BCUT2D eigenvalue weighted by molar-refractivity contribution is -0.384. The van der Waals surface area contributed by atoms with E-state index in [0.717, 1.165) is 29.5 Å². The first-order chi connectivity index (χ1) is 33.7. The lowest BCUT2D eigenvalue weighted by Crippen LogP contribution is -2.70. The van der Waals surface area contributed by atoms with Crippen molar-refractivity contribution in [3.8, 4) is 23.0 Å². The van der Waals surface area contributed by atoms with E-state index < -0.39 is 28.8 Å². The number of ether oxygens (including phenoxy) is 5. The Morgan fingerprint density at radius 2 is 1.70 bits per heavy atom. The monoisotopic (exact) mass is 944 g/mol. The van der Waals surface area contributed by atoms with E-state index in [-0.39, 0.29) is 75.5 Å². The predicted molar refractivity (Wildman–Crippen MR) is 256 cm³/mol. The molecule has 4 aromatic rings. The average Bonchev–Trinajstić information content (AvgIpc) is 3.84.